The SMILES string of the molecule is N#Cc1cccc(CN2CCc3nc(C4=NCCCC4)[nH]c(=O)c3C2)c1. The Balaban J connectivity index is 1.54. The Morgan fingerprint density at radius 1 is 1.27 bits per heavy atom. The van der Waals surface area contributed by atoms with Gasteiger partial charge in [0.1, 0.15) is 0 Å². The summed E-state index contributed by atoms with van der Waals surface area (Å²) in [5, 5.41) is 9.04. The van der Waals surface area contributed by atoms with Crippen LogP contribution in [0.4, 0.5) is 0 Å². The summed E-state index contributed by atoms with van der Waals surface area (Å²) in [6.45, 7) is 2.99. The molecule has 0 atom stereocenters. The maximum atomic E-state index is 12.6. The van der Waals surface area contributed by atoms with Gasteiger partial charge < -0.3 is 4.98 Å². The lowest BCUT2D eigenvalue weighted by molar-refractivity contribution is 0.241. The van der Waals surface area contributed by atoms with Crippen molar-refractivity contribution in [1.82, 2.24) is 14.9 Å². The molecule has 2 aromatic rings. The van der Waals surface area contributed by atoms with E-state index in [0.29, 0.717) is 17.9 Å². The normalized spacial score (nSPS) is 17.3. The molecular weight excluding hydrogens is 326 g/mol. The lowest BCUT2D eigenvalue weighted by atomic mass is 10.0. The lowest BCUT2D eigenvalue weighted by Gasteiger charge is -2.28. The van der Waals surface area contributed by atoms with Gasteiger partial charge in [0, 0.05) is 32.6 Å². The van der Waals surface area contributed by atoms with E-state index in [4.69, 9.17) is 10.2 Å². The van der Waals surface area contributed by atoms with Crippen molar-refractivity contribution in [1.29, 1.82) is 5.26 Å². The Kier molecular flexibility index (Phi) is 4.63. The molecule has 132 valence electrons. The fourth-order valence-electron chi connectivity index (χ4n) is 3.64. The summed E-state index contributed by atoms with van der Waals surface area (Å²) in [7, 11) is 0. The van der Waals surface area contributed by atoms with E-state index in [1.165, 1.54) is 0 Å². The van der Waals surface area contributed by atoms with Gasteiger partial charge in [0.05, 0.1) is 28.6 Å². The van der Waals surface area contributed by atoms with Gasteiger partial charge in [-0.25, -0.2) is 4.98 Å². The standard InChI is InChI=1S/C20H21N5O/c21-11-14-4-3-5-15(10-14)12-25-9-7-17-16(13-25)20(26)24-19(23-17)18-6-1-2-8-22-18/h3-5,10H,1-2,6-9,12-13H2,(H,23,24,26). The third-order valence-electron chi connectivity index (χ3n) is 5.01. The summed E-state index contributed by atoms with van der Waals surface area (Å²) in [6.07, 6.45) is 3.87. The highest BCUT2D eigenvalue weighted by Crippen LogP contribution is 2.18. The third kappa shape index (κ3) is 3.44. The number of benzene rings is 1. The Hall–Kier alpha value is -2.78. The molecule has 0 aliphatic carbocycles. The van der Waals surface area contributed by atoms with Crippen LogP contribution in [-0.2, 0) is 19.5 Å². The topological polar surface area (TPSA) is 85.1 Å². The maximum absolute atomic E-state index is 12.6. The van der Waals surface area contributed by atoms with Gasteiger partial charge in [-0.15, -0.1) is 0 Å². The second-order valence-corrected chi connectivity index (χ2v) is 6.90. The minimum Gasteiger partial charge on any atom is -0.305 e. The summed E-state index contributed by atoms with van der Waals surface area (Å²) >= 11 is 0. The molecule has 0 bridgehead atoms. The van der Waals surface area contributed by atoms with Crippen molar-refractivity contribution >= 4 is 5.71 Å². The molecule has 1 aromatic carbocycles. The largest absolute Gasteiger partial charge is 0.305 e. The number of aromatic amines is 1. The first kappa shape index (κ1) is 16.7. The summed E-state index contributed by atoms with van der Waals surface area (Å²) in [5.74, 6) is 0.656. The molecule has 6 nitrogen and oxygen atoms in total. The van der Waals surface area contributed by atoms with Crippen LogP contribution in [0.15, 0.2) is 34.1 Å². The first-order valence-corrected chi connectivity index (χ1v) is 9.10. The van der Waals surface area contributed by atoms with Crippen LogP contribution >= 0.6 is 0 Å². The van der Waals surface area contributed by atoms with Gasteiger partial charge >= 0.3 is 0 Å². The molecule has 0 unspecified atom stereocenters. The molecule has 6 heteroatoms. The van der Waals surface area contributed by atoms with E-state index >= 15 is 0 Å². The van der Waals surface area contributed by atoms with E-state index in [2.05, 4.69) is 20.9 Å². The summed E-state index contributed by atoms with van der Waals surface area (Å²) in [4.78, 5) is 27.0. The van der Waals surface area contributed by atoms with Crippen LogP contribution < -0.4 is 5.56 Å². The predicted octanol–water partition coefficient (Wildman–Crippen LogP) is 2.17. The molecule has 1 aromatic heterocycles. The van der Waals surface area contributed by atoms with E-state index < -0.39 is 0 Å². The molecule has 1 N–H and O–H groups in total. The monoisotopic (exact) mass is 347 g/mol. The van der Waals surface area contributed by atoms with E-state index in [9.17, 15) is 4.79 Å². The molecule has 0 fully saturated rings. The highest BCUT2D eigenvalue weighted by molar-refractivity contribution is 5.97. The van der Waals surface area contributed by atoms with Crippen molar-refractivity contribution in [2.24, 2.45) is 4.99 Å². The zero-order chi connectivity index (χ0) is 17.9. The molecule has 0 amide bonds. The summed E-state index contributed by atoms with van der Waals surface area (Å²) in [6, 6.07) is 9.80. The molecule has 4 rings (SSSR count). The number of aliphatic imine (C=N–C) groups is 1. The van der Waals surface area contributed by atoms with Crippen molar-refractivity contribution in [3.05, 3.63) is 62.8 Å². The van der Waals surface area contributed by atoms with Gasteiger partial charge in [0.15, 0.2) is 5.82 Å². The smallest absolute Gasteiger partial charge is 0.255 e. The number of nitrogens with zero attached hydrogens (tertiary/aromatic N) is 4. The average Bonchev–Trinajstić information content (AvgIpc) is 2.69. The van der Waals surface area contributed by atoms with Crippen molar-refractivity contribution in [3.63, 3.8) is 0 Å². The van der Waals surface area contributed by atoms with Gasteiger partial charge in [-0.2, -0.15) is 5.26 Å². The van der Waals surface area contributed by atoms with Crippen LogP contribution in [0.2, 0.25) is 0 Å². The molecule has 0 spiro atoms. The predicted molar refractivity (Wildman–Crippen MR) is 99.1 cm³/mol. The maximum Gasteiger partial charge on any atom is 0.255 e. The first-order valence-electron chi connectivity index (χ1n) is 9.10. The highest BCUT2D eigenvalue weighted by atomic mass is 16.1. The van der Waals surface area contributed by atoms with Crippen molar-refractivity contribution in [2.75, 3.05) is 13.1 Å². The molecule has 0 saturated carbocycles. The molecule has 3 heterocycles. The number of rotatable bonds is 3. The van der Waals surface area contributed by atoms with Crippen molar-refractivity contribution < 1.29 is 0 Å². The van der Waals surface area contributed by atoms with Crippen LogP contribution in [-0.4, -0.2) is 33.7 Å². The molecule has 0 radical (unpaired) electrons. The van der Waals surface area contributed by atoms with Crippen LogP contribution in [0, 0.1) is 11.3 Å². The van der Waals surface area contributed by atoms with E-state index in [1.807, 2.05) is 18.2 Å². The number of hydrogen-bond donors (Lipinski definition) is 1. The number of H-pyrrole nitrogens is 1. The summed E-state index contributed by atoms with van der Waals surface area (Å²) < 4.78 is 0. The number of nitrogens with one attached hydrogen (secondary N) is 1. The van der Waals surface area contributed by atoms with Gasteiger partial charge in [-0.1, -0.05) is 12.1 Å². The second kappa shape index (κ2) is 7.22. The minimum absolute atomic E-state index is 0.0475. The number of hydrogen-bond acceptors (Lipinski definition) is 5. The molecular formula is C20H21N5O. The zero-order valence-electron chi connectivity index (χ0n) is 14.7. The average molecular weight is 347 g/mol. The lowest BCUT2D eigenvalue weighted by Crippen LogP contribution is -2.36. The fraction of sp³-hybridized carbons (Fsp3) is 0.400. The number of aromatic nitrogens is 2. The van der Waals surface area contributed by atoms with Crippen LogP contribution in [0.5, 0.6) is 0 Å². The molecule has 2 aliphatic rings. The Bertz CT molecular complexity index is 953. The van der Waals surface area contributed by atoms with Crippen molar-refractivity contribution in [2.45, 2.75) is 38.8 Å². The van der Waals surface area contributed by atoms with Gasteiger partial charge in [-0.3, -0.25) is 14.7 Å². The number of fused-ring (bicyclic) bond motifs is 1. The van der Waals surface area contributed by atoms with Crippen LogP contribution in [0.3, 0.4) is 0 Å². The van der Waals surface area contributed by atoms with Gasteiger partial charge in [0.2, 0.25) is 0 Å². The highest BCUT2D eigenvalue weighted by Gasteiger charge is 2.22. The molecule has 0 saturated heterocycles. The van der Waals surface area contributed by atoms with Crippen LogP contribution in [0.25, 0.3) is 0 Å². The Labute approximate surface area is 152 Å². The van der Waals surface area contributed by atoms with Gasteiger partial charge in [-0.05, 0) is 37.0 Å². The molecule has 26 heavy (non-hydrogen) atoms. The van der Waals surface area contributed by atoms with Crippen molar-refractivity contribution in [3.8, 4) is 6.07 Å². The molecule has 2 aliphatic heterocycles. The Morgan fingerprint density at radius 3 is 3.00 bits per heavy atom. The summed E-state index contributed by atoms with van der Waals surface area (Å²) in [5.41, 5.74) is 4.30. The minimum atomic E-state index is -0.0475. The quantitative estimate of drug-likeness (QED) is 0.922. The van der Waals surface area contributed by atoms with E-state index in [0.717, 1.165) is 67.9 Å². The second-order valence-electron chi connectivity index (χ2n) is 6.90. The van der Waals surface area contributed by atoms with Gasteiger partial charge in [0.25, 0.3) is 5.56 Å². The third-order valence-corrected chi connectivity index (χ3v) is 5.01. The van der Waals surface area contributed by atoms with Crippen LogP contribution in [0.1, 0.15) is 47.5 Å². The zero-order valence-corrected chi connectivity index (χ0v) is 14.7. The van der Waals surface area contributed by atoms with E-state index in [1.54, 1.807) is 6.07 Å². The van der Waals surface area contributed by atoms with E-state index in [-0.39, 0.29) is 5.56 Å². The number of nitriles is 1. The fourth-order valence-corrected chi connectivity index (χ4v) is 3.64. The Morgan fingerprint density at radius 2 is 2.19 bits per heavy atom. The first-order chi connectivity index (χ1) is 12.7.